The quantitative estimate of drug-likeness (QED) is 0.878. The molecule has 140 valence electrons. The number of nitrogens with zero attached hydrogens (tertiary/aromatic N) is 2. The first kappa shape index (κ1) is 19.5. The largest absolute Gasteiger partial charge is 0.416 e. The lowest BCUT2D eigenvalue weighted by molar-refractivity contribution is -0.137. The molecular formula is C17H24F3N3O2. The Morgan fingerprint density at radius 2 is 1.92 bits per heavy atom. The second-order valence-electron chi connectivity index (χ2n) is 6.35. The number of amides is 2. The SMILES string of the molecule is CN(C)CCN(C(=O)Nc1cccc(C(F)(F)F)c1)C1CCOCC1. The summed E-state index contributed by atoms with van der Waals surface area (Å²) in [6, 6.07) is 4.33. The minimum absolute atomic E-state index is 0.0273. The number of likely N-dealkylation sites (N-methyl/N-ethyl adjacent to an activating group) is 1. The van der Waals surface area contributed by atoms with E-state index in [1.54, 1.807) is 4.90 Å². The van der Waals surface area contributed by atoms with Gasteiger partial charge in [0.2, 0.25) is 0 Å². The number of ether oxygens (including phenoxy) is 1. The van der Waals surface area contributed by atoms with Crippen LogP contribution >= 0.6 is 0 Å². The Kier molecular flexibility index (Phi) is 6.66. The standard InChI is InChI=1S/C17H24F3N3O2/c1-22(2)8-9-23(15-6-10-25-11-7-15)16(24)21-14-5-3-4-13(12-14)17(18,19)20/h3-5,12,15H,6-11H2,1-2H3,(H,21,24). The van der Waals surface area contributed by atoms with Crippen LogP contribution < -0.4 is 5.32 Å². The summed E-state index contributed by atoms with van der Waals surface area (Å²) in [7, 11) is 3.82. The lowest BCUT2D eigenvalue weighted by Crippen LogP contribution is -2.48. The van der Waals surface area contributed by atoms with Gasteiger partial charge in [-0.2, -0.15) is 13.2 Å². The lowest BCUT2D eigenvalue weighted by atomic mass is 10.1. The fraction of sp³-hybridized carbons (Fsp3) is 0.588. The molecule has 0 radical (unpaired) electrons. The molecule has 1 aromatic carbocycles. The summed E-state index contributed by atoms with van der Waals surface area (Å²) in [5.74, 6) is 0. The Morgan fingerprint density at radius 1 is 1.24 bits per heavy atom. The average Bonchev–Trinajstić information content (AvgIpc) is 2.55. The molecule has 1 heterocycles. The van der Waals surface area contributed by atoms with Crippen molar-refractivity contribution in [2.45, 2.75) is 25.1 Å². The third-order valence-corrected chi connectivity index (χ3v) is 4.12. The molecule has 1 saturated heterocycles. The molecule has 1 aromatic rings. The van der Waals surface area contributed by atoms with E-state index in [-0.39, 0.29) is 17.8 Å². The van der Waals surface area contributed by atoms with Crippen LogP contribution in [0.3, 0.4) is 0 Å². The van der Waals surface area contributed by atoms with E-state index >= 15 is 0 Å². The molecule has 1 N–H and O–H groups in total. The van der Waals surface area contributed by atoms with Crippen LogP contribution in [0.4, 0.5) is 23.7 Å². The Hall–Kier alpha value is -1.80. The molecule has 25 heavy (non-hydrogen) atoms. The highest BCUT2D eigenvalue weighted by Gasteiger charge is 2.31. The molecule has 8 heteroatoms. The molecule has 0 aliphatic carbocycles. The van der Waals surface area contributed by atoms with Gasteiger partial charge in [0.1, 0.15) is 0 Å². The van der Waals surface area contributed by atoms with Crippen molar-refractivity contribution < 1.29 is 22.7 Å². The molecular weight excluding hydrogens is 335 g/mol. The van der Waals surface area contributed by atoms with Crippen LogP contribution in [0.25, 0.3) is 0 Å². The maximum Gasteiger partial charge on any atom is 0.416 e. The number of nitrogens with one attached hydrogen (secondary N) is 1. The van der Waals surface area contributed by atoms with E-state index < -0.39 is 11.7 Å². The molecule has 0 spiro atoms. The van der Waals surface area contributed by atoms with Crippen LogP contribution in [0.15, 0.2) is 24.3 Å². The summed E-state index contributed by atoms with van der Waals surface area (Å²) in [5, 5.41) is 2.60. The van der Waals surface area contributed by atoms with Crippen molar-refractivity contribution in [1.29, 1.82) is 0 Å². The summed E-state index contributed by atoms with van der Waals surface area (Å²) >= 11 is 0. The van der Waals surface area contributed by atoms with Gasteiger partial charge in [-0.05, 0) is 45.1 Å². The number of alkyl halides is 3. The number of hydrogen-bond acceptors (Lipinski definition) is 3. The first-order chi connectivity index (χ1) is 11.8. The highest BCUT2D eigenvalue weighted by molar-refractivity contribution is 5.89. The van der Waals surface area contributed by atoms with E-state index in [2.05, 4.69) is 5.32 Å². The van der Waals surface area contributed by atoms with Crippen LogP contribution in [0.1, 0.15) is 18.4 Å². The highest BCUT2D eigenvalue weighted by Crippen LogP contribution is 2.30. The third-order valence-electron chi connectivity index (χ3n) is 4.12. The topological polar surface area (TPSA) is 44.8 Å². The maximum atomic E-state index is 12.8. The number of halogens is 3. The van der Waals surface area contributed by atoms with E-state index in [1.807, 2.05) is 19.0 Å². The molecule has 0 aromatic heterocycles. The summed E-state index contributed by atoms with van der Waals surface area (Å²) in [4.78, 5) is 16.3. The van der Waals surface area contributed by atoms with Gasteiger partial charge in [-0.3, -0.25) is 0 Å². The van der Waals surface area contributed by atoms with E-state index in [4.69, 9.17) is 4.74 Å². The van der Waals surface area contributed by atoms with Gasteiger partial charge in [-0.15, -0.1) is 0 Å². The van der Waals surface area contributed by atoms with Gasteiger partial charge in [-0.1, -0.05) is 6.07 Å². The monoisotopic (exact) mass is 359 g/mol. The second-order valence-corrected chi connectivity index (χ2v) is 6.35. The van der Waals surface area contributed by atoms with E-state index in [0.29, 0.717) is 26.3 Å². The van der Waals surface area contributed by atoms with Crippen molar-refractivity contribution in [2.75, 3.05) is 45.7 Å². The normalized spacial score (nSPS) is 16.1. The van der Waals surface area contributed by atoms with Gasteiger partial charge in [0, 0.05) is 38.0 Å². The van der Waals surface area contributed by atoms with Gasteiger partial charge in [0.25, 0.3) is 0 Å². The molecule has 0 bridgehead atoms. The Labute approximate surface area is 145 Å². The number of urea groups is 1. The van der Waals surface area contributed by atoms with Crippen LogP contribution in [-0.4, -0.2) is 62.3 Å². The number of carbonyl (C=O) groups is 1. The highest BCUT2D eigenvalue weighted by atomic mass is 19.4. The number of hydrogen-bond donors (Lipinski definition) is 1. The zero-order chi connectivity index (χ0) is 18.4. The van der Waals surface area contributed by atoms with Gasteiger partial charge >= 0.3 is 12.2 Å². The van der Waals surface area contributed by atoms with E-state index in [1.165, 1.54) is 12.1 Å². The van der Waals surface area contributed by atoms with Crippen molar-refractivity contribution in [3.05, 3.63) is 29.8 Å². The Bertz CT molecular complexity index is 573. The minimum atomic E-state index is -4.44. The molecule has 2 rings (SSSR count). The second kappa shape index (κ2) is 8.53. The van der Waals surface area contributed by atoms with Gasteiger partial charge in [-0.25, -0.2) is 4.79 Å². The molecule has 1 aliphatic heterocycles. The zero-order valence-corrected chi connectivity index (χ0v) is 14.5. The number of anilines is 1. The van der Waals surface area contributed by atoms with Crippen molar-refractivity contribution in [2.24, 2.45) is 0 Å². The Balaban J connectivity index is 2.10. The van der Waals surface area contributed by atoms with Crippen molar-refractivity contribution in [3.63, 3.8) is 0 Å². The lowest BCUT2D eigenvalue weighted by Gasteiger charge is -2.35. The predicted octanol–water partition coefficient (Wildman–Crippen LogP) is 3.28. The zero-order valence-electron chi connectivity index (χ0n) is 14.5. The van der Waals surface area contributed by atoms with Gasteiger partial charge in [0.15, 0.2) is 0 Å². The van der Waals surface area contributed by atoms with E-state index in [0.717, 1.165) is 25.0 Å². The fourth-order valence-electron chi connectivity index (χ4n) is 2.72. The number of rotatable bonds is 5. The minimum Gasteiger partial charge on any atom is -0.381 e. The number of benzene rings is 1. The Morgan fingerprint density at radius 3 is 2.52 bits per heavy atom. The van der Waals surface area contributed by atoms with Crippen LogP contribution in [0.2, 0.25) is 0 Å². The first-order valence-corrected chi connectivity index (χ1v) is 8.24. The molecule has 5 nitrogen and oxygen atoms in total. The van der Waals surface area contributed by atoms with Crippen molar-refractivity contribution >= 4 is 11.7 Å². The van der Waals surface area contributed by atoms with Crippen LogP contribution in [-0.2, 0) is 10.9 Å². The number of carbonyl (C=O) groups excluding carboxylic acids is 1. The molecule has 1 fully saturated rings. The summed E-state index contributed by atoms with van der Waals surface area (Å²) in [6.07, 6.45) is -2.99. The maximum absolute atomic E-state index is 12.8. The first-order valence-electron chi connectivity index (χ1n) is 8.24. The molecule has 0 atom stereocenters. The van der Waals surface area contributed by atoms with Crippen molar-refractivity contribution in [3.8, 4) is 0 Å². The predicted molar refractivity (Wildman–Crippen MR) is 89.6 cm³/mol. The molecule has 1 aliphatic rings. The average molecular weight is 359 g/mol. The smallest absolute Gasteiger partial charge is 0.381 e. The fourth-order valence-corrected chi connectivity index (χ4v) is 2.72. The van der Waals surface area contributed by atoms with Gasteiger partial charge in [0.05, 0.1) is 5.56 Å². The van der Waals surface area contributed by atoms with Crippen molar-refractivity contribution in [1.82, 2.24) is 9.80 Å². The molecule has 2 amide bonds. The molecule has 0 saturated carbocycles. The third kappa shape index (κ3) is 5.89. The van der Waals surface area contributed by atoms with Crippen LogP contribution in [0, 0.1) is 0 Å². The van der Waals surface area contributed by atoms with E-state index in [9.17, 15) is 18.0 Å². The summed E-state index contributed by atoms with van der Waals surface area (Å²) in [6.45, 7) is 2.34. The summed E-state index contributed by atoms with van der Waals surface area (Å²) in [5.41, 5.74) is -0.641. The van der Waals surface area contributed by atoms with Gasteiger partial charge < -0.3 is 19.9 Å². The summed E-state index contributed by atoms with van der Waals surface area (Å²) < 4.78 is 43.8. The van der Waals surface area contributed by atoms with Crippen LogP contribution in [0.5, 0.6) is 0 Å². The molecule has 0 unspecified atom stereocenters.